The Kier molecular flexibility index (Phi) is 4.59. The summed E-state index contributed by atoms with van der Waals surface area (Å²) in [4.78, 5) is 16.6. The maximum atomic E-state index is 13.8. The standard InChI is InChI=1S/C16H19F2N3O/c1-10-5-12(6-11(2)15(10)17)13-7-14(21(18)9-22)16(19-8-13)20(3)4/h5-10,15H,1-4H3/t10?,15-/m1/s1. The maximum absolute atomic E-state index is 13.8. The fourth-order valence-corrected chi connectivity index (χ4v) is 2.50. The first-order valence-electron chi connectivity index (χ1n) is 6.97. The largest absolute Gasteiger partial charge is 0.361 e. The highest BCUT2D eigenvalue weighted by molar-refractivity contribution is 5.84. The van der Waals surface area contributed by atoms with Crippen LogP contribution in [-0.2, 0) is 4.79 Å². The minimum absolute atomic E-state index is 0.00677. The van der Waals surface area contributed by atoms with E-state index in [1.807, 2.05) is 0 Å². The van der Waals surface area contributed by atoms with Gasteiger partial charge in [0, 0.05) is 31.8 Å². The van der Waals surface area contributed by atoms with Crippen molar-refractivity contribution in [2.45, 2.75) is 20.0 Å². The van der Waals surface area contributed by atoms with Gasteiger partial charge in [-0.15, -0.1) is 5.12 Å². The molecule has 118 valence electrons. The minimum Gasteiger partial charge on any atom is -0.361 e. The highest BCUT2D eigenvalue weighted by Gasteiger charge is 2.23. The Morgan fingerprint density at radius 1 is 1.36 bits per heavy atom. The van der Waals surface area contributed by atoms with Gasteiger partial charge in [0.25, 0.3) is 0 Å². The molecule has 4 nitrogen and oxygen atoms in total. The molecule has 0 bridgehead atoms. The highest BCUT2D eigenvalue weighted by atomic mass is 19.2. The normalized spacial score (nSPS) is 21.0. The van der Waals surface area contributed by atoms with Gasteiger partial charge < -0.3 is 4.90 Å². The van der Waals surface area contributed by atoms with Crippen molar-refractivity contribution in [3.63, 3.8) is 0 Å². The Bertz CT molecular complexity index is 640. The number of carbonyl (C=O) groups is 1. The quantitative estimate of drug-likeness (QED) is 0.632. The van der Waals surface area contributed by atoms with Gasteiger partial charge in [0.05, 0.1) is 0 Å². The number of carbonyl (C=O) groups excluding carboxylic acids is 1. The predicted octanol–water partition coefficient (Wildman–Crippen LogP) is 3.31. The van der Waals surface area contributed by atoms with Gasteiger partial charge in [-0.3, -0.25) is 4.79 Å². The lowest BCUT2D eigenvalue weighted by molar-refractivity contribution is -0.109. The summed E-state index contributed by atoms with van der Waals surface area (Å²) < 4.78 is 27.6. The fourth-order valence-electron chi connectivity index (χ4n) is 2.50. The van der Waals surface area contributed by atoms with E-state index in [4.69, 9.17) is 0 Å². The summed E-state index contributed by atoms with van der Waals surface area (Å²) in [5, 5.41) is -0.00677. The van der Waals surface area contributed by atoms with Crippen LogP contribution in [0, 0.1) is 5.92 Å². The number of anilines is 2. The van der Waals surface area contributed by atoms with Crippen LogP contribution in [0.2, 0.25) is 0 Å². The summed E-state index contributed by atoms with van der Waals surface area (Å²) in [6, 6.07) is 1.54. The molecule has 1 amide bonds. The Morgan fingerprint density at radius 3 is 2.59 bits per heavy atom. The van der Waals surface area contributed by atoms with Crippen LogP contribution in [0.15, 0.2) is 30.0 Å². The van der Waals surface area contributed by atoms with E-state index in [-0.39, 0.29) is 23.1 Å². The number of pyridine rings is 1. The number of rotatable bonds is 4. The summed E-state index contributed by atoms with van der Waals surface area (Å²) in [7, 11) is 3.42. The van der Waals surface area contributed by atoms with Crippen molar-refractivity contribution in [2.24, 2.45) is 5.92 Å². The second-order valence-corrected chi connectivity index (χ2v) is 5.65. The first kappa shape index (κ1) is 16.1. The lowest BCUT2D eigenvalue weighted by Gasteiger charge is -2.22. The van der Waals surface area contributed by atoms with Crippen molar-refractivity contribution in [3.8, 4) is 0 Å². The maximum Gasteiger partial charge on any atom is 0.242 e. The Morgan fingerprint density at radius 2 is 2.05 bits per heavy atom. The van der Waals surface area contributed by atoms with E-state index in [1.165, 1.54) is 6.07 Å². The van der Waals surface area contributed by atoms with Gasteiger partial charge in [0.15, 0.2) is 5.82 Å². The van der Waals surface area contributed by atoms with Crippen molar-refractivity contribution >= 4 is 23.5 Å². The van der Waals surface area contributed by atoms with Crippen molar-refractivity contribution in [1.29, 1.82) is 0 Å². The molecule has 1 unspecified atom stereocenters. The molecule has 1 aliphatic carbocycles. The third kappa shape index (κ3) is 3.00. The van der Waals surface area contributed by atoms with Gasteiger partial charge in [-0.1, -0.05) is 23.6 Å². The van der Waals surface area contributed by atoms with E-state index in [2.05, 4.69) is 4.98 Å². The summed E-state index contributed by atoms with van der Waals surface area (Å²) in [6.07, 6.45) is 4.19. The second kappa shape index (κ2) is 6.25. The number of alkyl halides is 1. The van der Waals surface area contributed by atoms with Gasteiger partial charge in [-0.05, 0) is 24.1 Å². The average molecular weight is 307 g/mol. The van der Waals surface area contributed by atoms with Gasteiger partial charge in [-0.25, -0.2) is 9.37 Å². The lowest BCUT2D eigenvalue weighted by atomic mass is 9.88. The minimum atomic E-state index is -1.01. The number of allylic oxidation sites excluding steroid dienone is 4. The monoisotopic (exact) mass is 307 g/mol. The van der Waals surface area contributed by atoms with Crippen molar-refractivity contribution in [2.75, 3.05) is 24.1 Å². The van der Waals surface area contributed by atoms with Crippen LogP contribution in [0.4, 0.5) is 20.4 Å². The molecule has 0 aliphatic heterocycles. The lowest BCUT2D eigenvalue weighted by Crippen LogP contribution is -2.18. The Hall–Kier alpha value is -2.24. The second-order valence-electron chi connectivity index (χ2n) is 5.65. The smallest absolute Gasteiger partial charge is 0.242 e. The molecule has 0 aromatic carbocycles. The number of amides is 1. The van der Waals surface area contributed by atoms with Gasteiger partial charge in [0.2, 0.25) is 6.41 Å². The molecule has 22 heavy (non-hydrogen) atoms. The number of halogens is 2. The zero-order valence-corrected chi connectivity index (χ0v) is 13.0. The van der Waals surface area contributed by atoms with E-state index in [1.54, 1.807) is 51.2 Å². The van der Waals surface area contributed by atoms with Crippen LogP contribution in [0.1, 0.15) is 19.4 Å². The summed E-state index contributed by atoms with van der Waals surface area (Å²) >= 11 is 0. The van der Waals surface area contributed by atoms with Crippen molar-refractivity contribution in [1.82, 2.24) is 4.98 Å². The zero-order chi connectivity index (χ0) is 16.4. The Balaban J connectivity index is 2.50. The molecule has 1 aromatic heterocycles. The summed E-state index contributed by atoms with van der Waals surface area (Å²) in [5.74, 6) is 0.0800. The summed E-state index contributed by atoms with van der Waals surface area (Å²) in [6.45, 7) is 3.51. The van der Waals surface area contributed by atoms with E-state index in [0.717, 1.165) is 5.57 Å². The molecular weight excluding hydrogens is 288 g/mol. The first-order chi connectivity index (χ1) is 10.3. The predicted molar refractivity (Wildman–Crippen MR) is 84.0 cm³/mol. The van der Waals surface area contributed by atoms with E-state index < -0.39 is 6.17 Å². The third-order valence-electron chi connectivity index (χ3n) is 3.65. The zero-order valence-electron chi connectivity index (χ0n) is 13.0. The topological polar surface area (TPSA) is 36.4 Å². The molecule has 0 saturated heterocycles. The number of aromatic nitrogens is 1. The molecular formula is C16H19F2N3O. The van der Waals surface area contributed by atoms with Crippen LogP contribution in [0.25, 0.3) is 5.57 Å². The molecule has 0 fully saturated rings. The van der Waals surface area contributed by atoms with Crippen molar-refractivity contribution in [3.05, 3.63) is 35.6 Å². The molecule has 6 heteroatoms. The van der Waals surface area contributed by atoms with Crippen LogP contribution in [0.3, 0.4) is 0 Å². The molecule has 1 heterocycles. The summed E-state index contributed by atoms with van der Waals surface area (Å²) in [5.41, 5.74) is 2.09. The third-order valence-corrected chi connectivity index (χ3v) is 3.65. The Labute approximate surface area is 128 Å². The molecule has 0 saturated carbocycles. The number of hydrogen-bond acceptors (Lipinski definition) is 3. The fraction of sp³-hybridized carbons (Fsp3) is 0.375. The molecule has 2 rings (SSSR count). The van der Waals surface area contributed by atoms with Crippen molar-refractivity contribution < 1.29 is 13.7 Å². The molecule has 2 atom stereocenters. The van der Waals surface area contributed by atoms with Crippen LogP contribution >= 0.6 is 0 Å². The van der Waals surface area contributed by atoms with Crippen LogP contribution < -0.4 is 10.0 Å². The molecule has 1 aromatic rings. The highest BCUT2D eigenvalue weighted by Crippen LogP contribution is 2.34. The molecule has 0 radical (unpaired) electrons. The van der Waals surface area contributed by atoms with Gasteiger partial charge in [0.1, 0.15) is 11.9 Å². The van der Waals surface area contributed by atoms with Crippen LogP contribution in [0.5, 0.6) is 0 Å². The first-order valence-corrected chi connectivity index (χ1v) is 6.97. The molecule has 0 N–H and O–H groups in total. The van der Waals surface area contributed by atoms with Gasteiger partial charge >= 0.3 is 0 Å². The molecule has 0 spiro atoms. The SMILES string of the molecule is CC1=CC(c2cnc(N(C)C)c(N(F)C=O)c2)=CC(C)[C@H]1F. The van der Waals surface area contributed by atoms with E-state index >= 15 is 0 Å². The molecule has 1 aliphatic rings. The van der Waals surface area contributed by atoms with Crippen LogP contribution in [-0.4, -0.2) is 31.7 Å². The number of nitrogens with zero attached hydrogens (tertiary/aromatic N) is 3. The average Bonchev–Trinajstić information content (AvgIpc) is 2.50. The van der Waals surface area contributed by atoms with E-state index in [9.17, 15) is 13.7 Å². The van der Waals surface area contributed by atoms with Gasteiger partial charge in [-0.2, -0.15) is 0 Å². The van der Waals surface area contributed by atoms with E-state index in [0.29, 0.717) is 17.0 Å². The number of hydrogen-bond donors (Lipinski definition) is 0.